The first kappa shape index (κ1) is 54.2. The molecule has 2 fully saturated rings. The molecule has 0 spiro atoms. The van der Waals surface area contributed by atoms with E-state index in [1.807, 2.05) is 43.3 Å². The lowest BCUT2D eigenvalue weighted by atomic mass is 9.89. The molecular weight excluding hydrogens is 1050 g/mol. The fourth-order valence-corrected chi connectivity index (χ4v) is 11.4. The van der Waals surface area contributed by atoms with Crippen molar-refractivity contribution in [1.82, 2.24) is 24.7 Å². The van der Waals surface area contributed by atoms with Gasteiger partial charge in [0.1, 0.15) is 40.8 Å². The van der Waals surface area contributed by atoms with Gasteiger partial charge in [-0.25, -0.2) is 27.8 Å². The lowest BCUT2D eigenvalue weighted by molar-refractivity contribution is -0.275. The van der Waals surface area contributed by atoms with Gasteiger partial charge in [-0.1, -0.05) is 42.8 Å². The third-order valence-electron chi connectivity index (χ3n) is 13.4. The largest absolute Gasteiger partial charge is 0.573 e. The van der Waals surface area contributed by atoms with Gasteiger partial charge in [-0.2, -0.15) is 0 Å². The van der Waals surface area contributed by atoms with E-state index in [1.165, 1.54) is 30.6 Å². The summed E-state index contributed by atoms with van der Waals surface area (Å²) < 4.78 is 123. The van der Waals surface area contributed by atoms with Crippen molar-refractivity contribution in [3.8, 4) is 11.5 Å². The standard InChI is InChI=1S/C29H28ClF3N4O2.C26H22F4N4O3S/c1-2-25-27(37-18-22(30)7-12-26(37)35-25)28(38)34-17-19-3-8-23(9-4-19)36-15-13-21(14-16-36)20-5-10-24(11-6-20)39-29(31,32)33;27-17-1-10-23-24(15-17)31-16-32-25(23)33-18-2-4-19(5-3-18)34-13-11-22(12-14-34)38(35,36)21-8-6-20(7-9-21)37-26(28,29)30/h3-12,18,21H,2,13-17H2,1H3,(H,34,38);1-10,15-16,22H,11-14H2,(H,31,32,33). The molecule has 2 N–H and O–H groups in total. The van der Waals surface area contributed by atoms with Gasteiger partial charge >= 0.3 is 12.7 Å². The highest BCUT2D eigenvalue weighted by Crippen LogP contribution is 2.34. The number of alkyl halides is 6. The van der Waals surface area contributed by atoms with Crippen molar-refractivity contribution in [3.05, 3.63) is 173 Å². The molecule has 5 heterocycles. The topological polar surface area (TPSA) is 143 Å². The van der Waals surface area contributed by atoms with Crippen LogP contribution in [0.2, 0.25) is 5.02 Å². The molecule has 10 rings (SSSR count). The molecule has 2 aliphatic heterocycles. The molecule has 0 aliphatic carbocycles. The minimum absolute atomic E-state index is 0.0270. The Hall–Kier alpha value is -7.65. The van der Waals surface area contributed by atoms with Crippen molar-refractivity contribution in [2.45, 2.75) is 74.4 Å². The second-order valence-electron chi connectivity index (χ2n) is 18.4. The zero-order chi connectivity index (χ0) is 54.5. The van der Waals surface area contributed by atoms with E-state index in [1.54, 1.807) is 40.9 Å². The summed E-state index contributed by atoms with van der Waals surface area (Å²) in [7, 11) is -3.70. The quantitative estimate of drug-likeness (QED) is 0.107. The number of nitrogens with one attached hydrogen (secondary N) is 2. The first-order valence-electron chi connectivity index (χ1n) is 24.5. The fraction of sp³-hybridized carbons (Fsp3) is 0.273. The number of piperidine rings is 2. The van der Waals surface area contributed by atoms with Crippen LogP contribution in [-0.2, 0) is 22.8 Å². The maximum atomic E-state index is 13.5. The molecule has 1 amide bonds. The van der Waals surface area contributed by atoms with Crippen LogP contribution in [0.15, 0.2) is 145 Å². The lowest BCUT2D eigenvalue weighted by Crippen LogP contribution is -2.39. The number of imidazole rings is 1. The molecule has 5 aromatic carbocycles. The van der Waals surface area contributed by atoms with Crippen LogP contribution in [0.5, 0.6) is 11.5 Å². The number of ether oxygens (including phenoxy) is 2. The number of benzene rings is 5. The number of pyridine rings is 1. The van der Waals surface area contributed by atoms with Crippen LogP contribution in [0.3, 0.4) is 0 Å². The smallest absolute Gasteiger partial charge is 0.406 e. The second-order valence-corrected chi connectivity index (χ2v) is 21.0. The monoisotopic (exact) mass is 1100 g/mol. The number of hydrogen-bond donors (Lipinski definition) is 2. The number of hydrogen-bond acceptors (Lipinski definition) is 11. The molecule has 0 radical (unpaired) electrons. The number of sulfone groups is 1. The van der Waals surface area contributed by atoms with Gasteiger partial charge in [-0.15, -0.1) is 26.3 Å². The maximum absolute atomic E-state index is 13.5. The van der Waals surface area contributed by atoms with Gasteiger partial charge in [0.15, 0.2) is 9.84 Å². The van der Waals surface area contributed by atoms with Crippen molar-refractivity contribution >= 4 is 66.8 Å². The molecule has 22 heteroatoms. The predicted molar refractivity (Wildman–Crippen MR) is 279 cm³/mol. The van der Waals surface area contributed by atoms with Crippen LogP contribution >= 0.6 is 11.6 Å². The van der Waals surface area contributed by atoms with Crippen molar-refractivity contribution in [1.29, 1.82) is 0 Å². The number of carbonyl (C=O) groups is 1. The molecule has 13 nitrogen and oxygen atoms in total. The number of aromatic nitrogens is 4. The van der Waals surface area contributed by atoms with Crippen LogP contribution in [0.1, 0.15) is 65.8 Å². The number of nitrogens with zero attached hydrogens (tertiary/aromatic N) is 6. The predicted octanol–water partition coefficient (Wildman–Crippen LogP) is 12.6. The van der Waals surface area contributed by atoms with Gasteiger partial charge in [-0.3, -0.25) is 9.20 Å². The number of aryl methyl sites for hydroxylation is 1. The van der Waals surface area contributed by atoms with Crippen molar-refractivity contribution in [2.75, 3.05) is 41.3 Å². The van der Waals surface area contributed by atoms with Crippen molar-refractivity contribution < 1.29 is 53.4 Å². The Morgan fingerprint density at radius 2 is 1.31 bits per heavy atom. The summed E-state index contributed by atoms with van der Waals surface area (Å²) in [5.41, 5.74) is 7.19. The van der Waals surface area contributed by atoms with Crippen LogP contribution in [0, 0.1) is 5.82 Å². The zero-order valence-corrected chi connectivity index (χ0v) is 42.7. The van der Waals surface area contributed by atoms with Crippen LogP contribution < -0.4 is 29.9 Å². The Labute approximate surface area is 443 Å². The van der Waals surface area contributed by atoms with E-state index in [0.29, 0.717) is 72.0 Å². The lowest BCUT2D eigenvalue weighted by Gasteiger charge is -2.34. The molecule has 0 saturated carbocycles. The van der Waals surface area contributed by atoms with E-state index >= 15 is 0 Å². The summed E-state index contributed by atoms with van der Waals surface area (Å²) in [5.74, 6) is -0.410. The third-order valence-corrected chi connectivity index (χ3v) is 15.9. The van der Waals surface area contributed by atoms with Gasteiger partial charge in [0, 0.05) is 67.4 Å². The summed E-state index contributed by atoms with van der Waals surface area (Å²) in [6.45, 7) is 5.05. The van der Waals surface area contributed by atoms with Gasteiger partial charge in [-0.05, 0) is 146 Å². The van der Waals surface area contributed by atoms with E-state index in [2.05, 4.69) is 57.0 Å². The molecule has 0 atom stereocenters. The fourth-order valence-electron chi connectivity index (χ4n) is 9.53. The summed E-state index contributed by atoms with van der Waals surface area (Å²) in [6.07, 6.45) is -3.26. The molecule has 3 aromatic heterocycles. The van der Waals surface area contributed by atoms with Crippen LogP contribution in [0.25, 0.3) is 16.6 Å². The van der Waals surface area contributed by atoms with E-state index in [4.69, 9.17) is 11.6 Å². The highest BCUT2D eigenvalue weighted by Gasteiger charge is 2.34. The second kappa shape index (κ2) is 22.9. The molecule has 0 bridgehead atoms. The highest BCUT2D eigenvalue weighted by molar-refractivity contribution is 7.92. The molecular formula is C55H50ClF7N8O5S. The van der Waals surface area contributed by atoms with Crippen LogP contribution in [-0.4, -0.2) is 77.8 Å². The summed E-state index contributed by atoms with van der Waals surface area (Å²) in [6, 6.07) is 34.0. The van der Waals surface area contributed by atoms with Crippen molar-refractivity contribution in [2.24, 2.45) is 0 Å². The third kappa shape index (κ3) is 13.5. The highest BCUT2D eigenvalue weighted by atomic mass is 35.5. The minimum atomic E-state index is -4.84. The number of carbonyl (C=O) groups excluding carboxylic acids is 1. The SMILES string of the molecule is CCc1nc2ccc(Cl)cn2c1C(=O)NCc1ccc(N2CCC(c3ccc(OC(F)(F)F)cc3)CC2)cc1.O=S(=O)(c1ccc(OC(F)(F)F)cc1)C1CCN(c2ccc(Nc3ncnc4cc(F)ccc34)cc2)CC1. The summed E-state index contributed by atoms with van der Waals surface area (Å²) in [4.78, 5) is 30.3. The van der Waals surface area contributed by atoms with Gasteiger partial charge in [0.05, 0.1) is 26.4 Å². The number of halogens is 8. The van der Waals surface area contributed by atoms with Gasteiger partial charge in [0.2, 0.25) is 0 Å². The number of rotatable bonds is 13. The molecule has 2 aliphatic rings. The maximum Gasteiger partial charge on any atom is 0.573 e. The van der Waals surface area contributed by atoms with E-state index in [9.17, 15) is 43.9 Å². The zero-order valence-electron chi connectivity index (χ0n) is 41.2. The van der Waals surface area contributed by atoms with E-state index in [0.717, 1.165) is 84.1 Å². The molecule has 77 heavy (non-hydrogen) atoms. The Morgan fingerprint density at radius 3 is 1.91 bits per heavy atom. The van der Waals surface area contributed by atoms with Crippen LogP contribution in [0.4, 0.5) is 53.6 Å². The Morgan fingerprint density at radius 1 is 0.727 bits per heavy atom. The Balaban J connectivity index is 0.000000188. The first-order valence-corrected chi connectivity index (χ1v) is 26.5. The summed E-state index contributed by atoms with van der Waals surface area (Å²) in [5, 5.41) is 6.80. The normalized spacial score (nSPS) is 14.8. The number of amides is 1. The summed E-state index contributed by atoms with van der Waals surface area (Å²) >= 11 is 6.14. The molecule has 402 valence electrons. The number of anilines is 4. The van der Waals surface area contributed by atoms with E-state index < -0.39 is 33.6 Å². The number of fused-ring (bicyclic) bond motifs is 2. The first-order chi connectivity index (χ1) is 36.8. The van der Waals surface area contributed by atoms with Crippen molar-refractivity contribution in [3.63, 3.8) is 0 Å². The van der Waals surface area contributed by atoms with Gasteiger partial charge in [0.25, 0.3) is 5.91 Å². The molecule has 8 aromatic rings. The Bertz CT molecular complexity index is 3440. The minimum Gasteiger partial charge on any atom is -0.406 e. The molecule has 2 saturated heterocycles. The average Bonchev–Trinajstić information content (AvgIpc) is 3.78. The average molecular weight is 1100 g/mol. The Kier molecular flexibility index (Phi) is 16.1. The van der Waals surface area contributed by atoms with Gasteiger partial charge < -0.3 is 29.9 Å². The molecule has 0 unspecified atom stereocenters. The van der Waals surface area contributed by atoms with E-state index in [-0.39, 0.29) is 28.3 Å².